The summed E-state index contributed by atoms with van der Waals surface area (Å²) < 4.78 is 6.24. The molecule has 2 amide bonds. The monoisotopic (exact) mass is 338 g/mol. The number of nitrogens with one attached hydrogen (secondary N) is 1. The van der Waals surface area contributed by atoms with Crippen LogP contribution in [0.1, 0.15) is 23.2 Å². The van der Waals surface area contributed by atoms with E-state index in [4.69, 9.17) is 4.74 Å². The lowest BCUT2D eigenvalue weighted by Crippen LogP contribution is -2.48. The van der Waals surface area contributed by atoms with Crippen molar-refractivity contribution < 1.29 is 14.3 Å². The maximum absolute atomic E-state index is 12.4. The summed E-state index contributed by atoms with van der Waals surface area (Å²) in [5.74, 6) is 0.0263. The van der Waals surface area contributed by atoms with Crippen molar-refractivity contribution in [3.05, 3.63) is 34.3 Å². The predicted molar refractivity (Wildman–Crippen MR) is 76.5 cm³/mol. The second kappa shape index (κ2) is 5.09. The van der Waals surface area contributed by atoms with Crippen LogP contribution in [0, 0.1) is 0 Å². The van der Waals surface area contributed by atoms with Gasteiger partial charge in [-0.05, 0) is 18.2 Å². The molecule has 20 heavy (non-hydrogen) atoms. The van der Waals surface area contributed by atoms with Gasteiger partial charge in [-0.2, -0.15) is 0 Å². The topological polar surface area (TPSA) is 58.6 Å². The van der Waals surface area contributed by atoms with Crippen molar-refractivity contribution in [2.75, 3.05) is 19.6 Å². The Labute approximate surface area is 125 Å². The van der Waals surface area contributed by atoms with Gasteiger partial charge in [0.1, 0.15) is 5.60 Å². The predicted octanol–water partition coefficient (Wildman–Crippen LogP) is 2.16. The van der Waals surface area contributed by atoms with Crippen molar-refractivity contribution in [2.45, 2.75) is 18.4 Å². The van der Waals surface area contributed by atoms with Gasteiger partial charge in [-0.3, -0.25) is 4.79 Å². The number of ether oxygens (including phenoxy) is 1. The van der Waals surface area contributed by atoms with E-state index in [1.165, 1.54) is 0 Å². The van der Waals surface area contributed by atoms with E-state index in [1.807, 2.05) is 29.2 Å². The zero-order valence-corrected chi connectivity index (χ0v) is 12.5. The van der Waals surface area contributed by atoms with Crippen molar-refractivity contribution in [1.29, 1.82) is 0 Å². The number of carbonyl (C=O) groups is 2. The molecule has 1 N–H and O–H groups in total. The van der Waals surface area contributed by atoms with Crippen molar-refractivity contribution in [2.24, 2.45) is 0 Å². The summed E-state index contributed by atoms with van der Waals surface area (Å²) >= 11 is 3.37. The second-order valence-corrected chi connectivity index (χ2v) is 6.14. The van der Waals surface area contributed by atoms with E-state index in [9.17, 15) is 9.59 Å². The maximum Gasteiger partial charge on any atom is 0.407 e. The van der Waals surface area contributed by atoms with Crippen LogP contribution < -0.4 is 5.32 Å². The minimum atomic E-state index is -0.412. The first kappa shape index (κ1) is 13.4. The van der Waals surface area contributed by atoms with Crippen molar-refractivity contribution >= 4 is 27.9 Å². The maximum atomic E-state index is 12.4. The molecule has 2 fully saturated rings. The Hall–Kier alpha value is -1.56. The van der Waals surface area contributed by atoms with Gasteiger partial charge in [0.15, 0.2) is 0 Å². The molecular formula is C14H15BrN2O3. The molecule has 106 valence electrons. The van der Waals surface area contributed by atoms with Crippen LogP contribution in [0.2, 0.25) is 0 Å². The van der Waals surface area contributed by atoms with Gasteiger partial charge in [0.25, 0.3) is 5.91 Å². The number of hydrogen-bond donors (Lipinski definition) is 1. The highest BCUT2D eigenvalue weighted by atomic mass is 79.9. The fourth-order valence-corrected chi connectivity index (χ4v) is 3.10. The molecule has 0 radical (unpaired) electrons. The van der Waals surface area contributed by atoms with Crippen molar-refractivity contribution in [3.8, 4) is 0 Å². The molecule has 5 nitrogen and oxygen atoms in total. The third kappa shape index (κ3) is 2.52. The minimum absolute atomic E-state index is 0.0263. The first-order valence-corrected chi connectivity index (χ1v) is 7.39. The second-order valence-electron chi connectivity index (χ2n) is 5.23. The standard InChI is InChI=1S/C14H15BrN2O3/c15-11-3-1-2-10(8-11)12(18)17-6-4-14(5-7-17)9-16-13(19)20-14/h1-3,8H,4-7,9H2,(H,16,19). The van der Waals surface area contributed by atoms with Crippen molar-refractivity contribution in [1.82, 2.24) is 10.2 Å². The Morgan fingerprint density at radius 1 is 1.35 bits per heavy atom. The van der Waals surface area contributed by atoms with Crippen molar-refractivity contribution in [3.63, 3.8) is 0 Å². The summed E-state index contributed by atoms with van der Waals surface area (Å²) in [4.78, 5) is 25.4. The highest BCUT2D eigenvalue weighted by molar-refractivity contribution is 9.10. The Morgan fingerprint density at radius 2 is 2.10 bits per heavy atom. The Morgan fingerprint density at radius 3 is 2.70 bits per heavy atom. The zero-order valence-electron chi connectivity index (χ0n) is 10.9. The number of amides is 2. The van der Waals surface area contributed by atoms with Crippen LogP contribution in [0.4, 0.5) is 4.79 Å². The lowest BCUT2D eigenvalue weighted by atomic mass is 9.91. The number of halogens is 1. The average Bonchev–Trinajstić information content (AvgIpc) is 2.80. The highest BCUT2D eigenvalue weighted by Crippen LogP contribution is 2.29. The van der Waals surface area contributed by atoms with E-state index in [2.05, 4.69) is 21.2 Å². The van der Waals surface area contributed by atoms with E-state index in [1.54, 1.807) is 0 Å². The number of benzene rings is 1. The van der Waals surface area contributed by atoms with E-state index < -0.39 is 5.60 Å². The molecule has 1 spiro atoms. The molecule has 0 aromatic heterocycles. The minimum Gasteiger partial charge on any atom is -0.441 e. The Kier molecular flexibility index (Phi) is 3.41. The van der Waals surface area contributed by atoms with Crippen LogP contribution in [0.5, 0.6) is 0 Å². The molecule has 1 aromatic carbocycles. The number of likely N-dealkylation sites (tertiary alicyclic amines) is 1. The van der Waals surface area contributed by atoms with Crippen LogP contribution >= 0.6 is 15.9 Å². The zero-order chi connectivity index (χ0) is 14.2. The van der Waals surface area contributed by atoms with Gasteiger partial charge in [0.2, 0.25) is 0 Å². The molecule has 0 aliphatic carbocycles. The van der Waals surface area contributed by atoms with Crippen LogP contribution in [0.3, 0.4) is 0 Å². The normalized spacial score (nSPS) is 20.6. The smallest absolute Gasteiger partial charge is 0.407 e. The molecule has 1 aromatic rings. The summed E-state index contributed by atoms with van der Waals surface area (Å²) in [6.45, 7) is 1.77. The molecule has 2 saturated heterocycles. The van der Waals surface area contributed by atoms with Crippen LogP contribution in [-0.4, -0.2) is 42.1 Å². The molecule has 6 heteroatoms. The molecule has 0 bridgehead atoms. The summed E-state index contributed by atoms with van der Waals surface area (Å²) in [6, 6.07) is 7.38. The molecule has 2 heterocycles. The number of carbonyl (C=O) groups excluding carboxylic acids is 2. The van der Waals surface area contributed by atoms with Gasteiger partial charge in [-0.25, -0.2) is 4.79 Å². The van der Waals surface area contributed by atoms with Gasteiger partial charge < -0.3 is 15.0 Å². The molecule has 0 unspecified atom stereocenters. The number of nitrogens with zero attached hydrogens (tertiary/aromatic N) is 1. The van der Waals surface area contributed by atoms with Gasteiger partial charge >= 0.3 is 6.09 Å². The molecule has 2 aliphatic heterocycles. The van der Waals surface area contributed by atoms with E-state index in [-0.39, 0.29) is 12.0 Å². The number of rotatable bonds is 1. The van der Waals surface area contributed by atoms with Crippen LogP contribution in [0.25, 0.3) is 0 Å². The van der Waals surface area contributed by atoms with Crippen LogP contribution in [0.15, 0.2) is 28.7 Å². The fraction of sp³-hybridized carbons (Fsp3) is 0.429. The quantitative estimate of drug-likeness (QED) is 0.853. The van der Waals surface area contributed by atoms with Gasteiger partial charge in [-0.15, -0.1) is 0 Å². The summed E-state index contributed by atoms with van der Waals surface area (Å²) in [5.41, 5.74) is 0.266. The third-order valence-corrected chi connectivity index (χ3v) is 4.39. The van der Waals surface area contributed by atoms with E-state index in [0.717, 1.165) is 4.47 Å². The third-order valence-electron chi connectivity index (χ3n) is 3.90. The Balaban J connectivity index is 1.66. The molecule has 0 atom stereocenters. The lowest BCUT2D eigenvalue weighted by Gasteiger charge is -2.37. The highest BCUT2D eigenvalue weighted by Gasteiger charge is 2.43. The Bertz CT molecular complexity index is 553. The SMILES string of the molecule is O=C1NCC2(CCN(C(=O)c3cccc(Br)c3)CC2)O1. The van der Waals surface area contributed by atoms with Crippen LogP contribution in [-0.2, 0) is 4.74 Å². The average molecular weight is 339 g/mol. The number of piperidine rings is 1. The lowest BCUT2D eigenvalue weighted by molar-refractivity contribution is 0.00331. The largest absolute Gasteiger partial charge is 0.441 e. The molecule has 2 aliphatic rings. The first-order chi connectivity index (χ1) is 9.58. The number of hydrogen-bond acceptors (Lipinski definition) is 3. The number of alkyl carbamates (subject to hydrolysis) is 1. The summed E-state index contributed by atoms with van der Waals surface area (Å²) in [5, 5.41) is 2.69. The van der Waals surface area contributed by atoms with Gasteiger partial charge in [-0.1, -0.05) is 22.0 Å². The van der Waals surface area contributed by atoms with E-state index in [0.29, 0.717) is 38.0 Å². The van der Waals surface area contributed by atoms with Gasteiger partial charge in [0, 0.05) is 36.0 Å². The molecule has 0 saturated carbocycles. The molecular weight excluding hydrogens is 324 g/mol. The summed E-state index contributed by atoms with van der Waals surface area (Å²) in [6.07, 6.45) is 1.02. The van der Waals surface area contributed by atoms with E-state index >= 15 is 0 Å². The van der Waals surface area contributed by atoms with Gasteiger partial charge in [0.05, 0.1) is 6.54 Å². The summed E-state index contributed by atoms with van der Waals surface area (Å²) in [7, 11) is 0. The fourth-order valence-electron chi connectivity index (χ4n) is 2.70. The first-order valence-electron chi connectivity index (χ1n) is 6.60. The molecule has 3 rings (SSSR count).